The van der Waals surface area contributed by atoms with Crippen LogP contribution in [0.2, 0.25) is 0 Å². The average molecular weight is 509 g/mol. The van der Waals surface area contributed by atoms with Crippen molar-refractivity contribution in [1.29, 1.82) is 0 Å². The number of hydrogen-bond acceptors (Lipinski definition) is 8. The number of carbonyl (C=O) groups is 1. The minimum Gasteiger partial charge on any atom is -0.504 e. The first-order valence-corrected chi connectivity index (χ1v) is 12.4. The van der Waals surface area contributed by atoms with Crippen LogP contribution in [0.1, 0.15) is 44.9 Å². The van der Waals surface area contributed by atoms with Crippen LogP contribution in [0.15, 0.2) is 63.5 Å². The first kappa shape index (κ1) is 25.2. The third kappa shape index (κ3) is 4.92. The molecule has 4 rings (SSSR count). The Labute approximate surface area is 212 Å². The van der Waals surface area contributed by atoms with E-state index < -0.39 is 12.0 Å². The Bertz CT molecular complexity index is 1500. The van der Waals surface area contributed by atoms with Gasteiger partial charge in [-0.25, -0.2) is 9.79 Å². The van der Waals surface area contributed by atoms with Gasteiger partial charge in [-0.15, -0.1) is 0 Å². The number of esters is 1. The molecule has 9 heteroatoms. The van der Waals surface area contributed by atoms with E-state index in [-0.39, 0.29) is 17.4 Å². The summed E-state index contributed by atoms with van der Waals surface area (Å²) in [4.78, 5) is 31.9. The van der Waals surface area contributed by atoms with Crippen molar-refractivity contribution in [3.05, 3.63) is 84.5 Å². The van der Waals surface area contributed by atoms with Crippen LogP contribution in [-0.2, 0) is 9.53 Å². The Kier molecular flexibility index (Phi) is 7.30. The van der Waals surface area contributed by atoms with Crippen LogP contribution in [0.4, 0.5) is 0 Å². The second-order valence-corrected chi connectivity index (χ2v) is 9.48. The summed E-state index contributed by atoms with van der Waals surface area (Å²) in [6.45, 7) is 7.73. The van der Waals surface area contributed by atoms with Crippen LogP contribution < -0.4 is 24.4 Å². The number of hydrogen-bond donors (Lipinski definition) is 1. The molecule has 2 heterocycles. The molecule has 1 aliphatic heterocycles. The molecule has 0 unspecified atom stereocenters. The van der Waals surface area contributed by atoms with Crippen LogP contribution in [-0.4, -0.2) is 35.5 Å². The minimum absolute atomic E-state index is 0.0270. The van der Waals surface area contributed by atoms with Crippen molar-refractivity contribution in [3.63, 3.8) is 0 Å². The molecule has 0 spiro atoms. The summed E-state index contributed by atoms with van der Waals surface area (Å²) in [6, 6.07) is 11.5. The number of nitrogens with zero attached hydrogens (tertiary/aromatic N) is 2. The second-order valence-electron chi connectivity index (χ2n) is 8.47. The highest BCUT2D eigenvalue weighted by atomic mass is 32.1. The maximum Gasteiger partial charge on any atom is 0.338 e. The monoisotopic (exact) mass is 508 g/mol. The molecule has 0 amide bonds. The number of aromatic nitrogens is 1. The summed E-state index contributed by atoms with van der Waals surface area (Å²) >= 11 is 1.22. The zero-order valence-electron chi connectivity index (χ0n) is 20.8. The lowest BCUT2D eigenvalue weighted by atomic mass is 9.96. The van der Waals surface area contributed by atoms with Gasteiger partial charge < -0.3 is 19.3 Å². The van der Waals surface area contributed by atoms with Gasteiger partial charge in [0.05, 0.1) is 41.7 Å². The molecular formula is C27H28N2O6S. The first-order chi connectivity index (χ1) is 17.2. The third-order valence-electron chi connectivity index (χ3n) is 5.59. The van der Waals surface area contributed by atoms with E-state index in [1.165, 1.54) is 29.1 Å². The highest BCUT2D eigenvalue weighted by molar-refractivity contribution is 7.07. The van der Waals surface area contributed by atoms with Crippen molar-refractivity contribution in [2.24, 2.45) is 4.99 Å². The molecule has 1 aliphatic rings. The maximum absolute atomic E-state index is 13.7. The Balaban J connectivity index is 1.89. The van der Waals surface area contributed by atoms with Gasteiger partial charge in [-0.05, 0) is 69.2 Å². The van der Waals surface area contributed by atoms with Crippen LogP contribution in [0.25, 0.3) is 6.08 Å². The second kappa shape index (κ2) is 10.4. The maximum atomic E-state index is 13.7. The zero-order valence-corrected chi connectivity index (χ0v) is 21.6. The normalized spacial score (nSPS) is 15.5. The molecule has 36 heavy (non-hydrogen) atoms. The molecule has 1 aromatic heterocycles. The summed E-state index contributed by atoms with van der Waals surface area (Å²) in [6.07, 6.45) is 1.36. The topological polar surface area (TPSA) is 99.4 Å². The predicted molar refractivity (Wildman–Crippen MR) is 137 cm³/mol. The van der Waals surface area contributed by atoms with Gasteiger partial charge in [-0.1, -0.05) is 29.5 Å². The Morgan fingerprint density at radius 3 is 2.56 bits per heavy atom. The lowest BCUT2D eigenvalue weighted by molar-refractivity contribution is -0.143. The number of fused-ring (bicyclic) bond motifs is 1. The molecule has 2 aromatic carbocycles. The van der Waals surface area contributed by atoms with E-state index in [9.17, 15) is 14.7 Å². The SMILES string of the molecule is CCOc1ccc([C@H]2C(C(=O)OC(C)C)=C(C)N=c3s/c(=C/c4ccc(OC)c(O)c4)c(=O)n32)cc1. The van der Waals surface area contributed by atoms with Crippen LogP contribution in [0, 0.1) is 0 Å². The average Bonchev–Trinajstić information content (AvgIpc) is 3.13. The molecule has 3 aromatic rings. The van der Waals surface area contributed by atoms with Crippen molar-refractivity contribution in [2.75, 3.05) is 13.7 Å². The Morgan fingerprint density at radius 2 is 1.94 bits per heavy atom. The van der Waals surface area contributed by atoms with Gasteiger partial charge >= 0.3 is 5.97 Å². The number of benzene rings is 2. The summed E-state index contributed by atoms with van der Waals surface area (Å²) in [5.41, 5.74) is 1.88. The number of aromatic hydroxyl groups is 1. The molecule has 0 aliphatic carbocycles. The van der Waals surface area contributed by atoms with Crippen LogP contribution >= 0.6 is 11.3 Å². The molecule has 188 valence electrons. The van der Waals surface area contributed by atoms with Crippen molar-refractivity contribution in [2.45, 2.75) is 39.8 Å². The van der Waals surface area contributed by atoms with E-state index in [2.05, 4.69) is 4.99 Å². The quantitative estimate of drug-likeness (QED) is 0.492. The smallest absolute Gasteiger partial charge is 0.338 e. The highest BCUT2D eigenvalue weighted by Crippen LogP contribution is 2.32. The van der Waals surface area contributed by atoms with E-state index in [0.29, 0.717) is 44.3 Å². The summed E-state index contributed by atoms with van der Waals surface area (Å²) in [5.74, 6) is 0.494. The van der Waals surface area contributed by atoms with Crippen molar-refractivity contribution >= 4 is 23.4 Å². The van der Waals surface area contributed by atoms with Gasteiger partial charge in [0.15, 0.2) is 16.3 Å². The van der Waals surface area contributed by atoms with Gasteiger partial charge in [-0.3, -0.25) is 9.36 Å². The van der Waals surface area contributed by atoms with Crippen molar-refractivity contribution in [3.8, 4) is 17.2 Å². The molecule has 0 bridgehead atoms. The van der Waals surface area contributed by atoms with E-state index in [0.717, 1.165) is 5.56 Å². The largest absolute Gasteiger partial charge is 0.504 e. The Morgan fingerprint density at radius 1 is 1.22 bits per heavy atom. The van der Waals surface area contributed by atoms with Crippen molar-refractivity contribution in [1.82, 2.24) is 4.57 Å². The number of allylic oxidation sites excluding steroid dienone is 1. The summed E-state index contributed by atoms with van der Waals surface area (Å²) < 4.78 is 18.1. The molecular weight excluding hydrogens is 480 g/mol. The first-order valence-electron chi connectivity index (χ1n) is 11.6. The molecule has 0 radical (unpaired) electrons. The standard InChI is InChI=1S/C27H28N2O6S/c1-6-34-19-10-8-18(9-11-19)24-23(26(32)35-15(2)3)16(4)28-27-29(24)25(31)22(36-27)14-17-7-12-21(33-5)20(30)13-17/h7-15,24,30H,6H2,1-5H3/b22-14+/t24-/m0/s1. The van der Waals surface area contributed by atoms with Gasteiger partial charge in [0.1, 0.15) is 5.75 Å². The minimum atomic E-state index is -0.713. The molecule has 8 nitrogen and oxygen atoms in total. The fraction of sp³-hybridized carbons (Fsp3) is 0.296. The number of thiazole rings is 1. The molecule has 1 atom stereocenters. The van der Waals surface area contributed by atoms with E-state index in [1.807, 2.05) is 31.2 Å². The summed E-state index contributed by atoms with van der Waals surface area (Å²) in [5, 5.41) is 10.1. The number of methoxy groups -OCH3 is 1. The molecule has 1 N–H and O–H groups in total. The Hall–Kier alpha value is -3.85. The van der Waals surface area contributed by atoms with Crippen LogP contribution in [0.3, 0.4) is 0 Å². The van der Waals surface area contributed by atoms with E-state index in [1.54, 1.807) is 39.0 Å². The van der Waals surface area contributed by atoms with Gasteiger partial charge in [0, 0.05) is 0 Å². The van der Waals surface area contributed by atoms with Gasteiger partial charge in [0.2, 0.25) is 0 Å². The van der Waals surface area contributed by atoms with Crippen LogP contribution in [0.5, 0.6) is 17.2 Å². The number of phenolic OH excluding ortho intramolecular Hbond substituents is 1. The van der Waals surface area contributed by atoms with Gasteiger partial charge in [0.25, 0.3) is 5.56 Å². The fourth-order valence-electron chi connectivity index (χ4n) is 4.04. The lowest BCUT2D eigenvalue weighted by Crippen LogP contribution is -2.40. The summed E-state index contributed by atoms with van der Waals surface area (Å²) in [7, 11) is 1.47. The molecule has 0 saturated carbocycles. The van der Waals surface area contributed by atoms with Crippen molar-refractivity contribution < 1.29 is 24.1 Å². The van der Waals surface area contributed by atoms with E-state index in [4.69, 9.17) is 14.2 Å². The highest BCUT2D eigenvalue weighted by Gasteiger charge is 2.33. The zero-order chi connectivity index (χ0) is 26.0. The number of ether oxygens (including phenoxy) is 3. The number of carbonyl (C=O) groups excluding carboxylic acids is 1. The number of rotatable bonds is 7. The fourth-order valence-corrected chi connectivity index (χ4v) is 5.08. The number of phenols is 1. The third-order valence-corrected chi connectivity index (χ3v) is 6.57. The predicted octanol–water partition coefficient (Wildman–Crippen LogP) is 3.30. The lowest BCUT2D eigenvalue weighted by Gasteiger charge is -2.25. The molecule has 0 saturated heterocycles. The van der Waals surface area contributed by atoms with E-state index >= 15 is 0 Å². The molecule has 0 fully saturated rings. The van der Waals surface area contributed by atoms with Gasteiger partial charge in [-0.2, -0.15) is 0 Å².